The van der Waals surface area contributed by atoms with Crippen molar-refractivity contribution in [2.45, 2.75) is 5.54 Å². The van der Waals surface area contributed by atoms with Gasteiger partial charge >= 0.3 is 6.03 Å². The van der Waals surface area contributed by atoms with E-state index in [0.717, 1.165) is 0 Å². The van der Waals surface area contributed by atoms with Gasteiger partial charge < -0.3 is 5.32 Å². The van der Waals surface area contributed by atoms with E-state index in [1.54, 1.807) is 30.3 Å². The zero-order valence-corrected chi connectivity index (χ0v) is 7.69. The van der Waals surface area contributed by atoms with Crippen LogP contribution in [-0.4, -0.2) is 18.2 Å². The largest absolute Gasteiger partial charge is 0.322 e. The summed E-state index contributed by atoms with van der Waals surface area (Å²) in [7, 11) is 0. The van der Waals surface area contributed by atoms with Gasteiger partial charge in [-0.15, -0.1) is 0 Å². The van der Waals surface area contributed by atoms with Gasteiger partial charge in [0.25, 0.3) is 5.91 Å². The molecule has 2 N–H and O–H groups in total. The third-order valence-electron chi connectivity index (χ3n) is 2.30. The van der Waals surface area contributed by atoms with Crippen LogP contribution < -0.4 is 10.6 Å². The summed E-state index contributed by atoms with van der Waals surface area (Å²) in [5.74, 6) is -0.645. The minimum atomic E-state index is -1.57. The highest BCUT2D eigenvalue weighted by Gasteiger charge is 2.47. The average Bonchev–Trinajstić information content (AvgIpc) is 2.56. The molecular weight excluding hydrogens is 196 g/mol. The van der Waals surface area contributed by atoms with E-state index >= 15 is 0 Å². The van der Waals surface area contributed by atoms with Crippen LogP contribution in [0.1, 0.15) is 5.56 Å². The molecule has 0 aliphatic carbocycles. The summed E-state index contributed by atoms with van der Waals surface area (Å²) in [6.45, 7) is 0. The summed E-state index contributed by atoms with van der Waals surface area (Å²) in [4.78, 5) is 33.5. The van der Waals surface area contributed by atoms with E-state index in [4.69, 9.17) is 0 Å². The molecule has 1 aromatic carbocycles. The lowest BCUT2D eigenvalue weighted by Gasteiger charge is -2.18. The van der Waals surface area contributed by atoms with Gasteiger partial charge in [0.05, 0.1) is 0 Å². The SMILES string of the molecule is O=CC1(c2ccccc2)NC(=O)NC1=O. The van der Waals surface area contributed by atoms with Crippen molar-refractivity contribution >= 4 is 18.2 Å². The highest BCUT2D eigenvalue weighted by molar-refractivity contribution is 6.15. The lowest BCUT2D eigenvalue weighted by atomic mass is 9.92. The Bertz CT molecular complexity index is 430. The summed E-state index contributed by atoms with van der Waals surface area (Å²) in [5, 5.41) is 4.35. The van der Waals surface area contributed by atoms with Gasteiger partial charge in [-0.25, -0.2) is 4.79 Å². The Balaban J connectivity index is 2.52. The first kappa shape index (κ1) is 9.39. The Morgan fingerprint density at radius 1 is 1.13 bits per heavy atom. The van der Waals surface area contributed by atoms with Gasteiger partial charge in [-0.3, -0.25) is 14.9 Å². The lowest BCUT2D eigenvalue weighted by Crippen LogP contribution is -2.45. The second-order valence-electron chi connectivity index (χ2n) is 3.20. The molecule has 15 heavy (non-hydrogen) atoms. The molecule has 1 aliphatic heterocycles. The van der Waals surface area contributed by atoms with Crippen molar-refractivity contribution in [2.24, 2.45) is 0 Å². The predicted octanol–water partition coefficient (Wildman–Crippen LogP) is -0.0798. The van der Waals surface area contributed by atoms with Gasteiger partial charge in [0.1, 0.15) is 0 Å². The second-order valence-corrected chi connectivity index (χ2v) is 3.20. The molecule has 2 rings (SSSR count). The second kappa shape index (κ2) is 3.20. The van der Waals surface area contributed by atoms with Gasteiger partial charge in [0.15, 0.2) is 6.29 Å². The van der Waals surface area contributed by atoms with Crippen molar-refractivity contribution in [1.82, 2.24) is 10.6 Å². The van der Waals surface area contributed by atoms with Crippen molar-refractivity contribution in [2.75, 3.05) is 0 Å². The van der Waals surface area contributed by atoms with Crippen LogP contribution in [0.25, 0.3) is 0 Å². The number of imide groups is 1. The number of hydrogen-bond donors (Lipinski definition) is 2. The number of hydrogen-bond acceptors (Lipinski definition) is 3. The van der Waals surface area contributed by atoms with Crippen LogP contribution in [0.4, 0.5) is 4.79 Å². The maximum Gasteiger partial charge on any atom is 0.322 e. The molecule has 0 spiro atoms. The molecule has 1 fully saturated rings. The molecule has 1 atom stereocenters. The van der Waals surface area contributed by atoms with Crippen LogP contribution in [0.2, 0.25) is 0 Å². The van der Waals surface area contributed by atoms with Crippen molar-refractivity contribution in [3.8, 4) is 0 Å². The number of carbonyl (C=O) groups excluding carboxylic acids is 3. The Morgan fingerprint density at radius 2 is 1.80 bits per heavy atom. The Hall–Kier alpha value is -2.17. The molecule has 5 heteroatoms. The van der Waals surface area contributed by atoms with E-state index in [1.807, 2.05) is 5.32 Å². The normalized spacial score (nSPS) is 24.5. The fourth-order valence-corrected chi connectivity index (χ4v) is 1.52. The van der Waals surface area contributed by atoms with E-state index in [2.05, 4.69) is 5.32 Å². The summed E-state index contributed by atoms with van der Waals surface area (Å²) in [5.41, 5.74) is -1.12. The molecule has 1 aliphatic rings. The monoisotopic (exact) mass is 204 g/mol. The number of urea groups is 1. The first-order valence-electron chi connectivity index (χ1n) is 4.34. The fraction of sp³-hybridized carbons (Fsp3) is 0.100. The zero-order valence-electron chi connectivity index (χ0n) is 7.69. The number of rotatable bonds is 2. The molecule has 1 aromatic rings. The Kier molecular flexibility index (Phi) is 2.00. The highest BCUT2D eigenvalue weighted by Crippen LogP contribution is 2.22. The molecule has 0 saturated carbocycles. The van der Waals surface area contributed by atoms with Crippen LogP contribution in [0.3, 0.4) is 0 Å². The molecule has 76 valence electrons. The third-order valence-corrected chi connectivity index (χ3v) is 2.30. The quantitative estimate of drug-likeness (QED) is 0.402. The van der Waals surface area contributed by atoms with Crippen molar-refractivity contribution in [3.05, 3.63) is 35.9 Å². The van der Waals surface area contributed by atoms with Crippen molar-refractivity contribution < 1.29 is 14.4 Å². The lowest BCUT2D eigenvalue weighted by molar-refractivity contribution is -0.129. The number of benzene rings is 1. The number of aldehydes is 1. The van der Waals surface area contributed by atoms with Gasteiger partial charge in [0, 0.05) is 0 Å². The van der Waals surface area contributed by atoms with Gasteiger partial charge in [-0.2, -0.15) is 0 Å². The van der Waals surface area contributed by atoms with E-state index in [0.29, 0.717) is 11.8 Å². The van der Waals surface area contributed by atoms with Crippen molar-refractivity contribution in [1.29, 1.82) is 0 Å². The first-order valence-corrected chi connectivity index (χ1v) is 4.34. The molecule has 3 amide bonds. The summed E-state index contributed by atoms with van der Waals surface area (Å²) in [6.07, 6.45) is 0.433. The third kappa shape index (κ3) is 1.28. The molecule has 5 nitrogen and oxygen atoms in total. The first-order chi connectivity index (χ1) is 7.19. The van der Waals surface area contributed by atoms with Crippen LogP contribution >= 0.6 is 0 Å². The van der Waals surface area contributed by atoms with E-state index < -0.39 is 17.5 Å². The topological polar surface area (TPSA) is 75.3 Å². The summed E-state index contributed by atoms with van der Waals surface area (Å²) in [6, 6.07) is 7.71. The highest BCUT2D eigenvalue weighted by atomic mass is 16.2. The molecule has 0 aromatic heterocycles. The maximum atomic E-state index is 11.5. The average molecular weight is 204 g/mol. The molecule has 1 saturated heterocycles. The zero-order chi connectivity index (χ0) is 10.9. The standard InChI is InChI=1S/C10H8N2O3/c13-6-10(7-4-2-1-3-5-7)8(14)11-9(15)12-10/h1-6H,(H2,11,12,14,15). The Labute approximate surface area is 85.5 Å². The fourth-order valence-electron chi connectivity index (χ4n) is 1.52. The number of nitrogens with one attached hydrogen (secondary N) is 2. The minimum Gasteiger partial charge on any atom is -0.314 e. The van der Waals surface area contributed by atoms with Crippen LogP contribution in [0, 0.1) is 0 Å². The smallest absolute Gasteiger partial charge is 0.314 e. The van der Waals surface area contributed by atoms with E-state index in [-0.39, 0.29) is 0 Å². The summed E-state index contributed by atoms with van der Waals surface area (Å²) < 4.78 is 0. The molecule has 1 unspecified atom stereocenters. The van der Waals surface area contributed by atoms with Gasteiger partial charge in [-0.05, 0) is 5.56 Å². The Morgan fingerprint density at radius 3 is 2.27 bits per heavy atom. The molecule has 1 heterocycles. The van der Waals surface area contributed by atoms with Crippen LogP contribution in [-0.2, 0) is 15.1 Å². The summed E-state index contributed by atoms with van der Waals surface area (Å²) >= 11 is 0. The maximum absolute atomic E-state index is 11.5. The molecule has 0 radical (unpaired) electrons. The van der Waals surface area contributed by atoms with Crippen molar-refractivity contribution in [3.63, 3.8) is 0 Å². The molecular formula is C10H8N2O3. The molecule has 0 bridgehead atoms. The van der Waals surface area contributed by atoms with Gasteiger partial charge in [-0.1, -0.05) is 30.3 Å². The number of carbonyl (C=O) groups is 3. The van der Waals surface area contributed by atoms with Crippen LogP contribution in [0.5, 0.6) is 0 Å². The predicted molar refractivity (Wildman–Crippen MR) is 50.9 cm³/mol. The van der Waals surface area contributed by atoms with Crippen LogP contribution in [0.15, 0.2) is 30.3 Å². The van der Waals surface area contributed by atoms with E-state index in [1.165, 1.54) is 0 Å². The van der Waals surface area contributed by atoms with Gasteiger partial charge in [0.2, 0.25) is 5.54 Å². The van der Waals surface area contributed by atoms with E-state index in [9.17, 15) is 14.4 Å². The number of amides is 3. The minimum absolute atomic E-state index is 0.433.